The van der Waals surface area contributed by atoms with Gasteiger partial charge in [0.2, 0.25) is 5.76 Å². The van der Waals surface area contributed by atoms with Crippen molar-refractivity contribution in [3.8, 4) is 11.5 Å². The third-order valence-corrected chi connectivity index (χ3v) is 2.43. The Morgan fingerprint density at radius 2 is 2.06 bits per heavy atom. The Balaban J connectivity index is 1.91. The number of anilines is 1. The molecule has 0 amide bonds. The largest absolute Gasteiger partial charge is 0.485 e. The van der Waals surface area contributed by atoms with Crippen LogP contribution in [0.25, 0.3) is 0 Å². The lowest BCUT2D eigenvalue weighted by Crippen LogP contribution is -2.21. The summed E-state index contributed by atoms with van der Waals surface area (Å²) in [5.74, 6) is 1.93. The molecule has 82 valence electrons. The molecule has 2 N–H and O–H groups in total. The standard InChI is InChI=1S/C11H10N2O3/c12-7-5-13-16-11(7)10-6-14-8-3-1-2-4-9(8)15-10/h1-5,10H,6,12H2. The Kier molecular flexibility index (Phi) is 1.96. The van der Waals surface area contributed by atoms with E-state index in [1.54, 1.807) is 0 Å². The van der Waals surface area contributed by atoms with Gasteiger partial charge in [-0.05, 0) is 12.1 Å². The molecule has 1 aromatic carbocycles. The molecular formula is C11H10N2O3. The third-order valence-electron chi connectivity index (χ3n) is 2.43. The minimum absolute atomic E-state index is 0.336. The number of aromatic nitrogens is 1. The Morgan fingerprint density at radius 3 is 2.81 bits per heavy atom. The van der Waals surface area contributed by atoms with Crippen molar-refractivity contribution in [2.45, 2.75) is 6.10 Å². The molecule has 5 heteroatoms. The Hall–Kier alpha value is -2.17. The van der Waals surface area contributed by atoms with E-state index in [1.165, 1.54) is 6.20 Å². The number of ether oxygens (including phenoxy) is 2. The maximum absolute atomic E-state index is 5.72. The summed E-state index contributed by atoms with van der Waals surface area (Å²) in [5, 5.41) is 3.62. The molecule has 2 heterocycles. The fourth-order valence-corrected chi connectivity index (χ4v) is 1.65. The highest BCUT2D eigenvalue weighted by atomic mass is 16.6. The van der Waals surface area contributed by atoms with E-state index in [4.69, 9.17) is 19.7 Å². The SMILES string of the molecule is Nc1cnoc1C1COc2ccccc2O1. The van der Waals surface area contributed by atoms with Crippen LogP contribution in [0.3, 0.4) is 0 Å². The number of rotatable bonds is 1. The Bertz CT molecular complexity index is 509. The van der Waals surface area contributed by atoms with Gasteiger partial charge in [0, 0.05) is 0 Å². The maximum Gasteiger partial charge on any atom is 0.203 e. The predicted molar refractivity (Wildman–Crippen MR) is 56.2 cm³/mol. The van der Waals surface area contributed by atoms with Crippen LogP contribution in [0, 0.1) is 0 Å². The molecule has 0 spiro atoms. The van der Waals surface area contributed by atoms with E-state index in [1.807, 2.05) is 24.3 Å². The first kappa shape index (κ1) is 9.08. The van der Waals surface area contributed by atoms with Crippen LogP contribution in [0.1, 0.15) is 11.9 Å². The molecule has 3 rings (SSSR count). The van der Waals surface area contributed by atoms with Gasteiger partial charge in [0.25, 0.3) is 0 Å². The molecule has 16 heavy (non-hydrogen) atoms. The van der Waals surface area contributed by atoms with Crippen LogP contribution in [-0.2, 0) is 0 Å². The smallest absolute Gasteiger partial charge is 0.203 e. The van der Waals surface area contributed by atoms with Gasteiger partial charge < -0.3 is 19.7 Å². The molecule has 0 bridgehead atoms. The van der Waals surface area contributed by atoms with Crippen LogP contribution in [0.15, 0.2) is 35.0 Å². The molecule has 0 radical (unpaired) electrons. The maximum atomic E-state index is 5.72. The van der Waals surface area contributed by atoms with Gasteiger partial charge in [-0.3, -0.25) is 0 Å². The lowest BCUT2D eigenvalue weighted by Gasteiger charge is -2.24. The summed E-state index contributed by atoms with van der Waals surface area (Å²) in [6.07, 6.45) is 1.12. The molecule has 0 saturated carbocycles. The normalized spacial score (nSPS) is 18.4. The first-order valence-electron chi connectivity index (χ1n) is 4.93. The number of hydrogen-bond donors (Lipinski definition) is 1. The van der Waals surface area contributed by atoms with E-state index in [2.05, 4.69) is 5.16 Å². The third kappa shape index (κ3) is 1.37. The summed E-state index contributed by atoms with van der Waals surface area (Å²) in [4.78, 5) is 0. The highest BCUT2D eigenvalue weighted by molar-refractivity contribution is 5.44. The highest BCUT2D eigenvalue weighted by Gasteiger charge is 2.27. The summed E-state index contributed by atoms with van der Waals surface area (Å²) in [7, 11) is 0. The molecule has 1 aromatic heterocycles. The first-order chi connectivity index (χ1) is 7.84. The fraction of sp³-hybridized carbons (Fsp3) is 0.182. The van der Waals surface area contributed by atoms with Gasteiger partial charge in [0.05, 0.1) is 11.9 Å². The number of hydrogen-bond acceptors (Lipinski definition) is 5. The predicted octanol–water partition coefficient (Wildman–Crippen LogP) is 1.77. The molecule has 5 nitrogen and oxygen atoms in total. The average Bonchev–Trinajstić information content (AvgIpc) is 2.75. The van der Waals surface area contributed by atoms with Crippen LogP contribution in [0.4, 0.5) is 5.69 Å². The molecule has 1 aliphatic rings. The highest BCUT2D eigenvalue weighted by Crippen LogP contribution is 2.36. The van der Waals surface area contributed by atoms with Crippen molar-refractivity contribution in [1.82, 2.24) is 5.16 Å². The zero-order valence-electron chi connectivity index (χ0n) is 8.42. The lowest BCUT2D eigenvalue weighted by molar-refractivity contribution is 0.0710. The van der Waals surface area contributed by atoms with E-state index in [0.717, 1.165) is 5.75 Å². The van der Waals surface area contributed by atoms with Gasteiger partial charge >= 0.3 is 0 Å². The van der Waals surface area contributed by atoms with Gasteiger partial charge in [-0.25, -0.2) is 0 Å². The van der Waals surface area contributed by atoms with Gasteiger partial charge in [0.15, 0.2) is 17.6 Å². The molecule has 1 unspecified atom stereocenters. The second kappa shape index (κ2) is 3.44. The molecule has 0 saturated heterocycles. The molecule has 1 atom stereocenters. The van der Waals surface area contributed by atoms with Crippen molar-refractivity contribution in [1.29, 1.82) is 0 Å². The van der Waals surface area contributed by atoms with Crippen molar-refractivity contribution in [3.63, 3.8) is 0 Å². The van der Waals surface area contributed by atoms with Crippen molar-refractivity contribution in [2.24, 2.45) is 0 Å². The number of nitrogen functional groups attached to an aromatic ring is 1. The monoisotopic (exact) mass is 218 g/mol. The van der Waals surface area contributed by atoms with Crippen LogP contribution in [-0.4, -0.2) is 11.8 Å². The fourth-order valence-electron chi connectivity index (χ4n) is 1.65. The van der Waals surface area contributed by atoms with Crippen LogP contribution < -0.4 is 15.2 Å². The molecular weight excluding hydrogens is 208 g/mol. The van der Waals surface area contributed by atoms with E-state index in [0.29, 0.717) is 23.8 Å². The number of fused-ring (bicyclic) bond motifs is 1. The summed E-state index contributed by atoms with van der Waals surface area (Å²) in [5.41, 5.74) is 6.18. The minimum atomic E-state index is -0.336. The number of nitrogens with two attached hydrogens (primary N) is 1. The van der Waals surface area contributed by atoms with Crippen molar-refractivity contribution in [3.05, 3.63) is 36.2 Å². The van der Waals surface area contributed by atoms with Gasteiger partial charge in [-0.15, -0.1) is 0 Å². The molecule has 2 aromatic rings. The molecule has 0 fully saturated rings. The molecule has 0 aliphatic carbocycles. The first-order valence-corrected chi connectivity index (χ1v) is 4.93. The minimum Gasteiger partial charge on any atom is -0.485 e. The Morgan fingerprint density at radius 1 is 1.25 bits per heavy atom. The quantitative estimate of drug-likeness (QED) is 0.789. The number of para-hydroxylation sites is 2. The molecule has 1 aliphatic heterocycles. The van der Waals surface area contributed by atoms with Gasteiger partial charge in [-0.2, -0.15) is 0 Å². The van der Waals surface area contributed by atoms with Crippen LogP contribution >= 0.6 is 0 Å². The van der Waals surface area contributed by atoms with Crippen molar-refractivity contribution >= 4 is 5.69 Å². The van der Waals surface area contributed by atoms with Crippen molar-refractivity contribution in [2.75, 3.05) is 12.3 Å². The number of benzene rings is 1. The topological polar surface area (TPSA) is 70.5 Å². The summed E-state index contributed by atoms with van der Waals surface area (Å²) in [6, 6.07) is 7.48. The van der Waals surface area contributed by atoms with Gasteiger partial charge in [-0.1, -0.05) is 17.3 Å². The van der Waals surface area contributed by atoms with Crippen molar-refractivity contribution < 1.29 is 14.0 Å². The second-order valence-electron chi connectivity index (χ2n) is 3.51. The van der Waals surface area contributed by atoms with E-state index < -0.39 is 0 Å². The zero-order valence-corrected chi connectivity index (χ0v) is 8.42. The summed E-state index contributed by atoms with van der Waals surface area (Å²) in [6.45, 7) is 0.371. The average molecular weight is 218 g/mol. The van der Waals surface area contributed by atoms with E-state index in [9.17, 15) is 0 Å². The lowest BCUT2D eigenvalue weighted by atomic mass is 10.2. The number of nitrogens with zero attached hydrogens (tertiary/aromatic N) is 1. The summed E-state index contributed by atoms with van der Waals surface area (Å²) < 4.78 is 16.3. The van der Waals surface area contributed by atoms with E-state index >= 15 is 0 Å². The van der Waals surface area contributed by atoms with Crippen LogP contribution in [0.5, 0.6) is 11.5 Å². The van der Waals surface area contributed by atoms with Gasteiger partial charge in [0.1, 0.15) is 6.61 Å². The van der Waals surface area contributed by atoms with E-state index in [-0.39, 0.29) is 6.10 Å². The summed E-state index contributed by atoms with van der Waals surface area (Å²) >= 11 is 0. The second-order valence-corrected chi connectivity index (χ2v) is 3.51. The zero-order chi connectivity index (χ0) is 11.0. The van der Waals surface area contributed by atoms with Crippen LogP contribution in [0.2, 0.25) is 0 Å². The Labute approximate surface area is 91.7 Å².